The van der Waals surface area contributed by atoms with Crippen LogP contribution in [0.4, 0.5) is 4.39 Å². The van der Waals surface area contributed by atoms with Crippen LogP contribution in [0, 0.1) is 5.82 Å². The van der Waals surface area contributed by atoms with Crippen LogP contribution in [0.15, 0.2) is 18.2 Å². The molecular formula is C8H8ClFO3S. The lowest BCUT2D eigenvalue weighted by atomic mass is 10.2. The number of benzene rings is 1. The third kappa shape index (κ3) is 3.61. The quantitative estimate of drug-likeness (QED) is 0.756. The standard InChI is InChI=1S/C8H8ClFO3S/c1-14(11,12)13-5-6-4-7(9)2-3-8(6)10/h2-4H,5H2,1H3. The fourth-order valence-electron chi connectivity index (χ4n) is 0.824. The van der Waals surface area contributed by atoms with Gasteiger partial charge in [0.2, 0.25) is 0 Å². The van der Waals surface area contributed by atoms with E-state index in [4.69, 9.17) is 11.6 Å². The van der Waals surface area contributed by atoms with E-state index in [1.807, 2.05) is 0 Å². The Morgan fingerprint density at radius 2 is 2.14 bits per heavy atom. The molecular weight excluding hydrogens is 231 g/mol. The molecule has 0 amide bonds. The van der Waals surface area contributed by atoms with Crippen molar-refractivity contribution in [2.45, 2.75) is 6.61 Å². The molecule has 0 saturated carbocycles. The zero-order chi connectivity index (χ0) is 10.8. The van der Waals surface area contributed by atoms with Gasteiger partial charge in [-0.1, -0.05) is 11.6 Å². The molecule has 0 aliphatic carbocycles. The van der Waals surface area contributed by atoms with Gasteiger partial charge in [-0.2, -0.15) is 8.42 Å². The van der Waals surface area contributed by atoms with E-state index >= 15 is 0 Å². The summed E-state index contributed by atoms with van der Waals surface area (Å²) in [5.41, 5.74) is 0.114. The molecule has 0 fully saturated rings. The first-order valence-electron chi connectivity index (χ1n) is 3.67. The molecule has 0 aromatic heterocycles. The highest BCUT2D eigenvalue weighted by Crippen LogP contribution is 2.16. The van der Waals surface area contributed by atoms with Crippen molar-refractivity contribution in [1.29, 1.82) is 0 Å². The van der Waals surface area contributed by atoms with Crippen LogP contribution in [0.2, 0.25) is 5.02 Å². The van der Waals surface area contributed by atoms with Gasteiger partial charge in [-0.25, -0.2) is 4.39 Å². The molecule has 0 spiro atoms. The molecule has 0 saturated heterocycles. The Morgan fingerprint density at radius 3 is 2.71 bits per heavy atom. The molecule has 0 unspecified atom stereocenters. The van der Waals surface area contributed by atoms with Gasteiger partial charge in [-0.15, -0.1) is 0 Å². The minimum Gasteiger partial charge on any atom is -0.265 e. The summed E-state index contributed by atoms with van der Waals surface area (Å²) in [5, 5.41) is 0.332. The first-order chi connectivity index (χ1) is 6.38. The topological polar surface area (TPSA) is 43.4 Å². The Kier molecular flexibility index (Phi) is 3.47. The molecule has 1 aromatic carbocycles. The molecule has 0 bridgehead atoms. The molecule has 0 radical (unpaired) electrons. The van der Waals surface area contributed by atoms with Crippen molar-refractivity contribution in [1.82, 2.24) is 0 Å². The summed E-state index contributed by atoms with van der Waals surface area (Å²) in [5.74, 6) is -0.543. The molecule has 1 rings (SSSR count). The Morgan fingerprint density at radius 1 is 1.50 bits per heavy atom. The second-order valence-corrected chi connectivity index (χ2v) is 4.78. The average molecular weight is 239 g/mol. The number of halogens is 2. The van der Waals surface area contributed by atoms with Crippen molar-refractivity contribution < 1.29 is 17.0 Å². The lowest BCUT2D eigenvalue weighted by Crippen LogP contribution is -2.03. The van der Waals surface area contributed by atoms with Crippen LogP contribution in [0.5, 0.6) is 0 Å². The van der Waals surface area contributed by atoms with Crippen molar-refractivity contribution in [2.24, 2.45) is 0 Å². The minimum atomic E-state index is -3.56. The summed E-state index contributed by atoms with van der Waals surface area (Å²) < 4.78 is 38.7. The summed E-state index contributed by atoms with van der Waals surface area (Å²) >= 11 is 5.60. The van der Waals surface area contributed by atoms with E-state index in [2.05, 4.69) is 4.18 Å². The van der Waals surface area contributed by atoms with Crippen molar-refractivity contribution in [2.75, 3.05) is 6.26 Å². The highest BCUT2D eigenvalue weighted by molar-refractivity contribution is 7.85. The molecule has 0 aliphatic rings. The maximum Gasteiger partial charge on any atom is 0.264 e. The van der Waals surface area contributed by atoms with Gasteiger partial charge in [0.05, 0.1) is 12.9 Å². The summed E-state index contributed by atoms with van der Waals surface area (Å²) in [7, 11) is -3.56. The van der Waals surface area contributed by atoms with Gasteiger partial charge in [-0.05, 0) is 18.2 Å². The Labute approximate surface area is 86.6 Å². The Hall–Kier alpha value is -0.650. The zero-order valence-electron chi connectivity index (χ0n) is 7.33. The summed E-state index contributed by atoms with van der Waals surface area (Å²) in [6.07, 6.45) is 0.898. The molecule has 1 aromatic rings. The lowest BCUT2D eigenvalue weighted by molar-refractivity contribution is 0.306. The zero-order valence-corrected chi connectivity index (χ0v) is 8.90. The van der Waals surface area contributed by atoms with Gasteiger partial charge < -0.3 is 0 Å². The molecule has 78 valence electrons. The Balaban J connectivity index is 2.81. The van der Waals surface area contributed by atoms with E-state index in [1.54, 1.807) is 0 Å². The van der Waals surface area contributed by atoms with E-state index < -0.39 is 15.9 Å². The lowest BCUT2D eigenvalue weighted by Gasteiger charge is -2.03. The van der Waals surface area contributed by atoms with Gasteiger partial charge in [0, 0.05) is 10.6 Å². The van der Waals surface area contributed by atoms with Crippen LogP contribution in [0.1, 0.15) is 5.56 Å². The highest BCUT2D eigenvalue weighted by atomic mass is 35.5. The van der Waals surface area contributed by atoms with Crippen LogP contribution < -0.4 is 0 Å². The third-order valence-corrected chi connectivity index (χ3v) is 2.22. The van der Waals surface area contributed by atoms with Crippen molar-refractivity contribution in [3.63, 3.8) is 0 Å². The van der Waals surface area contributed by atoms with E-state index in [-0.39, 0.29) is 12.2 Å². The second-order valence-electron chi connectivity index (χ2n) is 2.70. The van der Waals surface area contributed by atoms with E-state index in [0.29, 0.717) is 5.02 Å². The van der Waals surface area contributed by atoms with Gasteiger partial charge in [0.15, 0.2) is 0 Å². The van der Waals surface area contributed by atoms with Crippen molar-refractivity contribution >= 4 is 21.7 Å². The summed E-state index contributed by atoms with van der Waals surface area (Å²) in [6.45, 7) is -0.342. The molecule has 3 nitrogen and oxygen atoms in total. The van der Waals surface area contributed by atoms with Crippen LogP contribution in [-0.4, -0.2) is 14.7 Å². The maximum absolute atomic E-state index is 13.0. The fourth-order valence-corrected chi connectivity index (χ4v) is 1.36. The van der Waals surface area contributed by atoms with E-state index in [9.17, 15) is 12.8 Å². The number of hydrogen-bond acceptors (Lipinski definition) is 3. The predicted octanol–water partition coefficient (Wildman–Crippen LogP) is 1.96. The van der Waals surface area contributed by atoms with Crippen LogP contribution >= 0.6 is 11.6 Å². The van der Waals surface area contributed by atoms with E-state index in [1.165, 1.54) is 12.1 Å². The molecule has 0 aliphatic heterocycles. The molecule has 14 heavy (non-hydrogen) atoms. The van der Waals surface area contributed by atoms with Crippen LogP contribution in [-0.2, 0) is 20.9 Å². The van der Waals surface area contributed by atoms with Crippen LogP contribution in [0.3, 0.4) is 0 Å². The van der Waals surface area contributed by atoms with Crippen molar-refractivity contribution in [3.05, 3.63) is 34.6 Å². The second kappa shape index (κ2) is 4.25. The fraction of sp³-hybridized carbons (Fsp3) is 0.250. The molecule has 0 N–H and O–H groups in total. The Bertz CT molecular complexity index is 430. The number of rotatable bonds is 3. The highest BCUT2D eigenvalue weighted by Gasteiger charge is 2.07. The SMILES string of the molecule is CS(=O)(=O)OCc1cc(Cl)ccc1F. The summed E-state index contributed by atoms with van der Waals surface area (Å²) in [6, 6.07) is 3.85. The summed E-state index contributed by atoms with van der Waals surface area (Å²) in [4.78, 5) is 0. The van der Waals surface area contributed by atoms with E-state index in [0.717, 1.165) is 12.3 Å². The predicted molar refractivity (Wildman–Crippen MR) is 51.0 cm³/mol. The number of hydrogen-bond donors (Lipinski definition) is 0. The molecule has 0 heterocycles. The smallest absolute Gasteiger partial charge is 0.264 e. The first kappa shape index (κ1) is 11.4. The minimum absolute atomic E-state index is 0.114. The van der Waals surface area contributed by atoms with Gasteiger partial charge in [0.25, 0.3) is 10.1 Å². The van der Waals surface area contributed by atoms with Crippen LogP contribution in [0.25, 0.3) is 0 Å². The maximum atomic E-state index is 13.0. The third-order valence-electron chi connectivity index (χ3n) is 1.44. The molecule has 6 heteroatoms. The van der Waals surface area contributed by atoms with Gasteiger partial charge in [-0.3, -0.25) is 4.18 Å². The van der Waals surface area contributed by atoms with Gasteiger partial charge >= 0.3 is 0 Å². The average Bonchev–Trinajstić information content (AvgIpc) is 2.05. The first-order valence-corrected chi connectivity index (χ1v) is 5.86. The molecule has 0 atom stereocenters. The van der Waals surface area contributed by atoms with Gasteiger partial charge in [0.1, 0.15) is 5.82 Å². The monoisotopic (exact) mass is 238 g/mol. The largest absolute Gasteiger partial charge is 0.265 e. The van der Waals surface area contributed by atoms with Crippen molar-refractivity contribution in [3.8, 4) is 0 Å². The normalized spacial score (nSPS) is 11.6.